The highest BCUT2D eigenvalue weighted by atomic mass is 16.6. The molecule has 0 spiro atoms. The Kier molecular flexibility index (Phi) is 6.71. The van der Waals surface area contributed by atoms with Gasteiger partial charge in [-0.1, -0.05) is 30.3 Å². The van der Waals surface area contributed by atoms with Gasteiger partial charge in [-0.3, -0.25) is 13.9 Å². The molecule has 33 heavy (non-hydrogen) atoms. The van der Waals surface area contributed by atoms with E-state index in [1.54, 1.807) is 39.0 Å². The van der Waals surface area contributed by atoms with E-state index in [4.69, 9.17) is 9.47 Å². The number of esters is 1. The molecule has 9 heteroatoms. The van der Waals surface area contributed by atoms with Crippen LogP contribution >= 0.6 is 0 Å². The van der Waals surface area contributed by atoms with Crippen LogP contribution in [0.1, 0.15) is 26.3 Å². The highest BCUT2D eigenvalue weighted by molar-refractivity contribution is 5.93. The van der Waals surface area contributed by atoms with Gasteiger partial charge >= 0.3 is 17.8 Å². The van der Waals surface area contributed by atoms with Gasteiger partial charge in [-0.05, 0) is 37.8 Å². The molecule has 0 aliphatic carbocycles. The van der Waals surface area contributed by atoms with E-state index >= 15 is 0 Å². The highest BCUT2D eigenvalue weighted by Gasteiger charge is 2.26. The molecule has 1 N–H and O–H groups in total. The van der Waals surface area contributed by atoms with Crippen LogP contribution in [0.15, 0.2) is 58.3 Å². The van der Waals surface area contributed by atoms with Gasteiger partial charge < -0.3 is 14.8 Å². The maximum atomic E-state index is 12.7. The molecule has 1 amide bonds. The fourth-order valence-corrected chi connectivity index (χ4v) is 3.50. The zero-order valence-electron chi connectivity index (χ0n) is 19.2. The number of carbonyl (C=O) groups excluding carboxylic acids is 2. The van der Waals surface area contributed by atoms with E-state index in [0.717, 1.165) is 20.9 Å². The number of fused-ring (bicyclic) bond motifs is 1. The van der Waals surface area contributed by atoms with Crippen molar-refractivity contribution in [3.8, 4) is 5.69 Å². The second-order valence-electron chi connectivity index (χ2n) is 8.58. The standard InChI is InChI=1S/C24H27N3O6/c1-24(2,3)33-22(30)25-18(21(29)32-5)14-15-8-6-10-17-16(15)9-7-11-19(17)27-13-12-20(28)26(4)23(27)31/h6-13,18H,14H2,1-5H3,(H,25,30)/t18-/m0/s1. The van der Waals surface area contributed by atoms with E-state index < -0.39 is 35.0 Å². The third-order valence-corrected chi connectivity index (χ3v) is 5.04. The lowest BCUT2D eigenvalue weighted by molar-refractivity contribution is -0.143. The number of nitrogens with one attached hydrogen (secondary N) is 1. The van der Waals surface area contributed by atoms with Crippen molar-refractivity contribution in [1.82, 2.24) is 14.5 Å². The molecule has 1 aromatic heterocycles. The predicted molar refractivity (Wildman–Crippen MR) is 124 cm³/mol. The van der Waals surface area contributed by atoms with Crippen molar-refractivity contribution in [2.24, 2.45) is 7.05 Å². The van der Waals surface area contributed by atoms with Crippen molar-refractivity contribution >= 4 is 22.8 Å². The summed E-state index contributed by atoms with van der Waals surface area (Å²) in [5.41, 5.74) is -0.239. The molecular formula is C24H27N3O6. The summed E-state index contributed by atoms with van der Waals surface area (Å²) < 4.78 is 12.6. The van der Waals surface area contributed by atoms with Gasteiger partial charge in [0.2, 0.25) is 0 Å². The molecule has 0 saturated carbocycles. The molecule has 3 rings (SSSR count). The Morgan fingerprint density at radius 2 is 1.70 bits per heavy atom. The van der Waals surface area contributed by atoms with Gasteiger partial charge in [0, 0.05) is 31.1 Å². The van der Waals surface area contributed by atoms with Crippen molar-refractivity contribution in [2.45, 2.75) is 38.8 Å². The Bertz CT molecular complexity index is 1320. The first-order valence-electron chi connectivity index (χ1n) is 10.4. The maximum absolute atomic E-state index is 12.7. The Labute approximate surface area is 190 Å². The fraction of sp³-hybridized carbons (Fsp3) is 0.333. The maximum Gasteiger partial charge on any atom is 0.408 e. The number of methoxy groups -OCH3 is 1. The van der Waals surface area contributed by atoms with Gasteiger partial charge in [-0.25, -0.2) is 14.4 Å². The molecule has 0 radical (unpaired) electrons. The van der Waals surface area contributed by atoms with Crippen molar-refractivity contribution in [2.75, 3.05) is 7.11 Å². The van der Waals surface area contributed by atoms with E-state index in [-0.39, 0.29) is 6.42 Å². The number of aromatic nitrogens is 2. The number of benzene rings is 2. The Balaban J connectivity index is 2.03. The van der Waals surface area contributed by atoms with E-state index in [1.807, 2.05) is 18.2 Å². The van der Waals surface area contributed by atoms with Crippen LogP contribution in [0.5, 0.6) is 0 Å². The summed E-state index contributed by atoms with van der Waals surface area (Å²) >= 11 is 0. The number of alkyl carbamates (subject to hydrolysis) is 1. The van der Waals surface area contributed by atoms with Crippen LogP contribution in [0.25, 0.3) is 16.5 Å². The largest absolute Gasteiger partial charge is 0.467 e. The second-order valence-corrected chi connectivity index (χ2v) is 8.58. The number of nitrogens with zero attached hydrogens (tertiary/aromatic N) is 2. The average Bonchev–Trinajstić information content (AvgIpc) is 2.75. The summed E-state index contributed by atoms with van der Waals surface area (Å²) in [6, 6.07) is 11.3. The van der Waals surface area contributed by atoms with Gasteiger partial charge in [0.1, 0.15) is 11.6 Å². The molecule has 0 aliphatic heterocycles. The molecule has 0 aliphatic rings. The zero-order valence-corrected chi connectivity index (χ0v) is 19.2. The molecule has 174 valence electrons. The Morgan fingerprint density at radius 1 is 1.03 bits per heavy atom. The molecule has 1 heterocycles. The molecule has 2 aromatic carbocycles. The number of carbonyl (C=O) groups is 2. The van der Waals surface area contributed by atoms with Gasteiger partial charge in [-0.2, -0.15) is 0 Å². The zero-order chi connectivity index (χ0) is 24.3. The lowest BCUT2D eigenvalue weighted by atomic mass is 9.97. The first kappa shape index (κ1) is 23.8. The predicted octanol–water partition coefficient (Wildman–Crippen LogP) is 2.30. The topological polar surface area (TPSA) is 109 Å². The summed E-state index contributed by atoms with van der Waals surface area (Å²) in [5.74, 6) is -0.608. The normalized spacial score (nSPS) is 12.3. The minimum Gasteiger partial charge on any atom is -0.467 e. The van der Waals surface area contributed by atoms with Crippen LogP contribution in [0.2, 0.25) is 0 Å². The molecule has 3 aromatic rings. The van der Waals surface area contributed by atoms with E-state index in [1.165, 1.54) is 31.0 Å². The molecular weight excluding hydrogens is 426 g/mol. The number of hydrogen-bond acceptors (Lipinski definition) is 6. The minimum atomic E-state index is -0.973. The summed E-state index contributed by atoms with van der Waals surface area (Å²) in [7, 11) is 2.67. The van der Waals surface area contributed by atoms with Gasteiger partial charge in [0.25, 0.3) is 5.56 Å². The quantitative estimate of drug-likeness (QED) is 0.594. The highest BCUT2D eigenvalue weighted by Crippen LogP contribution is 2.25. The van der Waals surface area contributed by atoms with E-state index in [9.17, 15) is 19.2 Å². The number of hydrogen-bond donors (Lipinski definition) is 1. The fourth-order valence-electron chi connectivity index (χ4n) is 3.50. The molecule has 1 atom stereocenters. The first-order valence-corrected chi connectivity index (χ1v) is 10.4. The van der Waals surface area contributed by atoms with E-state index in [2.05, 4.69) is 5.32 Å². The van der Waals surface area contributed by atoms with Crippen LogP contribution < -0.4 is 16.6 Å². The van der Waals surface area contributed by atoms with Crippen molar-refractivity contribution in [1.29, 1.82) is 0 Å². The van der Waals surface area contributed by atoms with Gasteiger partial charge in [0.05, 0.1) is 12.8 Å². The second kappa shape index (κ2) is 9.32. The summed E-state index contributed by atoms with van der Waals surface area (Å²) in [5, 5.41) is 4.11. The first-order chi connectivity index (χ1) is 15.5. The Hall–Kier alpha value is -3.88. The molecule has 0 saturated heterocycles. The van der Waals surface area contributed by atoms with Gasteiger partial charge in [0.15, 0.2) is 0 Å². The SMILES string of the molecule is COC(=O)[C@H](Cc1cccc2c(-n3ccc(=O)n(C)c3=O)cccc12)NC(=O)OC(C)(C)C. The number of ether oxygens (including phenoxy) is 2. The smallest absolute Gasteiger partial charge is 0.408 e. The Morgan fingerprint density at radius 3 is 2.36 bits per heavy atom. The lowest BCUT2D eigenvalue weighted by Gasteiger charge is -2.23. The third-order valence-electron chi connectivity index (χ3n) is 5.04. The summed E-state index contributed by atoms with van der Waals surface area (Å²) in [4.78, 5) is 49.1. The number of rotatable bonds is 5. The average molecular weight is 453 g/mol. The molecule has 0 fully saturated rings. The van der Waals surface area contributed by atoms with E-state index in [0.29, 0.717) is 5.69 Å². The van der Waals surface area contributed by atoms with Gasteiger partial charge in [-0.15, -0.1) is 0 Å². The third kappa shape index (κ3) is 5.31. The number of amides is 1. The summed E-state index contributed by atoms with van der Waals surface area (Å²) in [6.45, 7) is 5.19. The molecule has 0 unspecified atom stereocenters. The minimum absolute atomic E-state index is 0.148. The van der Waals surface area contributed by atoms with Crippen molar-refractivity contribution in [3.63, 3.8) is 0 Å². The van der Waals surface area contributed by atoms with Crippen LogP contribution in [0.4, 0.5) is 4.79 Å². The molecule has 9 nitrogen and oxygen atoms in total. The van der Waals surface area contributed by atoms with Crippen LogP contribution in [-0.4, -0.2) is 39.9 Å². The van der Waals surface area contributed by atoms with Crippen LogP contribution in [0, 0.1) is 0 Å². The lowest BCUT2D eigenvalue weighted by Crippen LogP contribution is -2.45. The monoisotopic (exact) mass is 453 g/mol. The van der Waals surface area contributed by atoms with Crippen molar-refractivity contribution < 1.29 is 19.1 Å². The summed E-state index contributed by atoms with van der Waals surface area (Å²) in [6.07, 6.45) is 0.859. The molecule has 0 bridgehead atoms. The van der Waals surface area contributed by atoms with Crippen LogP contribution in [0.3, 0.4) is 0 Å². The van der Waals surface area contributed by atoms with Crippen LogP contribution in [-0.2, 0) is 27.7 Å². The van der Waals surface area contributed by atoms with Crippen molar-refractivity contribution in [3.05, 3.63) is 75.1 Å².